The molecule has 0 aliphatic rings. The normalized spacial score (nSPS) is 10.3. The monoisotopic (exact) mass is 252 g/mol. The molecule has 0 radical (unpaired) electrons. The number of aldehydes is 1. The fourth-order valence-electron chi connectivity index (χ4n) is 1.52. The highest BCUT2D eigenvalue weighted by atomic mass is 35.5. The Kier molecular flexibility index (Phi) is 3.20. The fourth-order valence-corrected chi connectivity index (χ4v) is 1.74. The molecule has 0 heterocycles. The summed E-state index contributed by atoms with van der Waals surface area (Å²) in [6.45, 7) is 0. The lowest BCUT2D eigenvalue weighted by Crippen LogP contribution is -1.89. The van der Waals surface area contributed by atoms with Crippen LogP contribution in [0, 0.1) is 11.6 Å². The predicted molar refractivity (Wildman–Crippen MR) is 62.2 cm³/mol. The van der Waals surface area contributed by atoms with E-state index in [2.05, 4.69) is 0 Å². The number of hydrogen-bond acceptors (Lipinski definition) is 1. The standard InChI is InChI=1S/C13H7ClF2O/c14-11-3-10(4-12(15)6-11)8-1-2-9(7-17)13(16)5-8/h1-7H. The van der Waals surface area contributed by atoms with E-state index in [0.29, 0.717) is 17.4 Å². The van der Waals surface area contributed by atoms with E-state index in [1.54, 1.807) is 0 Å². The van der Waals surface area contributed by atoms with Gasteiger partial charge in [0.25, 0.3) is 0 Å². The highest BCUT2D eigenvalue weighted by Crippen LogP contribution is 2.25. The summed E-state index contributed by atoms with van der Waals surface area (Å²) >= 11 is 5.71. The predicted octanol–water partition coefficient (Wildman–Crippen LogP) is 4.10. The van der Waals surface area contributed by atoms with Crippen LogP contribution in [0.15, 0.2) is 36.4 Å². The van der Waals surface area contributed by atoms with Crippen molar-refractivity contribution >= 4 is 17.9 Å². The highest BCUT2D eigenvalue weighted by Gasteiger charge is 2.06. The smallest absolute Gasteiger partial charge is 0.152 e. The molecule has 2 aromatic rings. The Hall–Kier alpha value is -1.74. The Morgan fingerprint density at radius 2 is 1.76 bits per heavy atom. The van der Waals surface area contributed by atoms with Gasteiger partial charge in [-0.2, -0.15) is 0 Å². The maximum atomic E-state index is 13.4. The number of halogens is 3. The van der Waals surface area contributed by atoms with Crippen molar-refractivity contribution in [2.24, 2.45) is 0 Å². The lowest BCUT2D eigenvalue weighted by atomic mass is 10.0. The van der Waals surface area contributed by atoms with Gasteiger partial charge in [0.05, 0.1) is 5.56 Å². The molecular weight excluding hydrogens is 246 g/mol. The van der Waals surface area contributed by atoms with Crippen LogP contribution in [-0.2, 0) is 0 Å². The minimum Gasteiger partial charge on any atom is -0.298 e. The van der Waals surface area contributed by atoms with Gasteiger partial charge in [0.1, 0.15) is 11.6 Å². The van der Waals surface area contributed by atoms with Crippen molar-refractivity contribution in [3.8, 4) is 11.1 Å². The van der Waals surface area contributed by atoms with Crippen LogP contribution in [0.3, 0.4) is 0 Å². The first-order chi connectivity index (χ1) is 8.10. The molecule has 0 fully saturated rings. The van der Waals surface area contributed by atoms with Crippen LogP contribution in [-0.4, -0.2) is 6.29 Å². The summed E-state index contributed by atoms with van der Waals surface area (Å²) in [6, 6.07) is 8.01. The highest BCUT2D eigenvalue weighted by molar-refractivity contribution is 6.30. The van der Waals surface area contributed by atoms with E-state index in [0.717, 1.165) is 0 Å². The van der Waals surface area contributed by atoms with E-state index in [4.69, 9.17) is 11.6 Å². The molecular formula is C13H7ClF2O. The molecule has 1 nitrogen and oxygen atoms in total. The largest absolute Gasteiger partial charge is 0.298 e. The van der Waals surface area contributed by atoms with Gasteiger partial charge in [-0.15, -0.1) is 0 Å². The first-order valence-electron chi connectivity index (χ1n) is 4.81. The van der Waals surface area contributed by atoms with Crippen molar-refractivity contribution in [3.05, 3.63) is 58.6 Å². The van der Waals surface area contributed by atoms with Gasteiger partial charge in [0.2, 0.25) is 0 Å². The Morgan fingerprint density at radius 1 is 1.00 bits per heavy atom. The second kappa shape index (κ2) is 4.63. The maximum Gasteiger partial charge on any atom is 0.152 e. The average Bonchev–Trinajstić information content (AvgIpc) is 2.27. The molecule has 0 unspecified atom stereocenters. The van der Waals surface area contributed by atoms with Gasteiger partial charge >= 0.3 is 0 Å². The Labute approximate surface area is 102 Å². The van der Waals surface area contributed by atoms with Crippen molar-refractivity contribution in [2.45, 2.75) is 0 Å². The Bertz CT molecular complexity index is 561. The van der Waals surface area contributed by atoms with Gasteiger partial charge < -0.3 is 0 Å². The quantitative estimate of drug-likeness (QED) is 0.736. The van der Waals surface area contributed by atoms with Crippen molar-refractivity contribution in [2.75, 3.05) is 0 Å². The Morgan fingerprint density at radius 3 is 2.35 bits per heavy atom. The van der Waals surface area contributed by atoms with Crippen LogP contribution in [0.4, 0.5) is 8.78 Å². The molecule has 4 heteroatoms. The second-order valence-electron chi connectivity index (χ2n) is 3.51. The SMILES string of the molecule is O=Cc1ccc(-c2cc(F)cc(Cl)c2)cc1F. The van der Waals surface area contributed by atoms with Crippen molar-refractivity contribution in [1.82, 2.24) is 0 Å². The lowest BCUT2D eigenvalue weighted by Gasteiger charge is -2.04. The summed E-state index contributed by atoms with van der Waals surface area (Å²) in [5.41, 5.74) is 0.900. The summed E-state index contributed by atoms with van der Waals surface area (Å²) in [5.74, 6) is -1.13. The molecule has 0 atom stereocenters. The Balaban J connectivity index is 2.53. The summed E-state index contributed by atoms with van der Waals surface area (Å²) < 4.78 is 26.5. The molecule has 0 amide bonds. The van der Waals surface area contributed by atoms with Crippen LogP contribution in [0.25, 0.3) is 11.1 Å². The van der Waals surface area contributed by atoms with E-state index in [9.17, 15) is 13.6 Å². The van der Waals surface area contributed by atoms with Crippen LogP contribution in [0.1, 0.15) is 10.4 Å². The third-order valence-corrected chi connectivity index (χ3v) is 2.54. The average molecular weight is 253 g/mol. The maximum absolute atomic E-state index is 13.4. The topological polar surface area (TPSA) is 17.1 Å². The molecule has 0 saturated heterocycles. The molecule has 0 bridgehead atoms. The van der Waals surface area contributed by atoms with E-state index in [1.165, 1.54) is 36.4 Å². The van der Waals surface area contributed by atoms with Crippen molar-refractivity contribution in [1.29, 1.82) is 0 Å². The molecule has 2 aromatic carbocycles. The molecule has 0 aliphatic heterocycles. The molecule has 0 N–H and O–H groups in total. The second-order valence-corrected chi connectivity index (χ2v) is 3.95. The first kappa shape index (κ1) is 11.7. The third-order valence-electron chi connectivity index (χ3n) is 2.32. The number of carbonyl (C=O) groups excluding carboxylic acids is 1. The van der Waals surface area contributed by atoms with Crippen LogP contribution in [0.2, 0.25) is 5.02 Å². The number of carbonyl (C=O) groups is 1. The number of hydrogen-bond donors (Lipinski definition) is 0. The van der Waals surface area contributed by atoms with Gasteiger partial charge in [-0.1, -0.05) is 17.7 Å². The van der Waals surface area contributed by atoms with Gasteiger partial charge in [0.15, 0.2) is 6.29 Å². The van der Waals surface area contributed by atoms with Gasteiger partial charge in [-0.3, -0.25) is 4.79 Å². The summed E-state index contributed by atoms with van der Waals surface area (Å²) in [7, 11) is 0. The van der Waals surface area contributed by atoms with Gasteiger partial charge in [-0.25, -0.2) is 8.78 Å². The first-order valence-corrected chi connectivity index (χ1v) is 5.19. The van der Waals surface area contributed by atoms with Crippen molar-refractivity contribution < 1.29 is 13.6 Å². The molecule has 0 aliphatic carbocycles. The summed E-state index contributed by atoms with van der Waals surface area (Å²) in [6.07, 6.45) is 0.428. The van der Waals surface area contributed by atoms with Gasteiger partial charge in [-0.05, 0) is 41.5 Å². The molecule has 2 rings (SSSR count). The van der Waals surface area contributed by atoms with E-state index in [-0.39, 0.29) is 10.6 Å². The van der Waals surface area contributed by atoms with E-state index in [1.807, 2.05) is 0 Å². The zero-order valence-corrected chi connectivity index (χ0v) is 9.34. The van der Waals surface area contributed by atoms with Crippen LogP contribution < -0.4 is 0 Å². The zero-order valence-electron chi connectivity index (χ0n) is 8.58. The van der Waals surface area contributed by atoms with Crippen molar-refractivity contribution in [3.63, 3.8) is 0 Å². The lowest BCUT2D eigenvalue weighted by molar-refractivity contribution is 0.112. The zero-order chi connectivity index (χ0) is 12.4. The number of rotatable bonds is 2. The van der Waals surface area contributed by atoms with E-state index < -0.39 is 11.6 Å². The molecule has 0 aromatic heterocycles. The minimum atomic E-state index is -0.641. The molecule has 17 heavy (non-hydrogen) atoms. The molecule has 86 valence electrons. The number of benzene rings is 2. The summed E-state index contributed by atoms with van der Waals surface area (Å²) in [4.78, 5) is 10.5. The van der Waals surface area contributed by atoms with Crippen LogP contribution >= 0.6 is 11.6 Å². The third kappa shape index (κ3) is 2.50. The fraction of sp³-hybridized carbons (Fsp3) is 0. The van der Waals surface area contributed by atoms with Crippen LogP contribution in [0.5, 0.6) is 0 Å². The van der Waals surface area contributed by atoms with E-state index >= 15 is 0 Å². The minimum absolute atomic E-state index is 0.0312. The van der Waals surface area contributed by atoms with Gasteiger partial charge in [0, 0.05) is 5.02 Å². The summed E-state index contributed by atoms with van der Waals surface area (Å²) in [5, 5.41) is 0.236. The molecule has 0 spiro atoms. The molecule has 0 saturated carbocycles.